The number of anilines is 1. The Balaban J connectivity index is 0.892. The first-order chi connectivity index (χ1) is 35.2. The van der Waals surface area contributed by atoms with Crippen molar-refractivity contribution in [2.75, 3.05) is 4.90 Å². The quantitative estimate of drug-likeness (QED) is 0.159. The van der Waals surface area contributed by atoms with Gasteiger partial charge in [0.1, 0.15) is 0 Å². The Labute approximate surface area is 412 Å². The number of aromatic nitrogens is 3. The Morgan fingerprint density at radius 3 is 1.56 bits per heavy atom. The topological polar surface area (TPSA) is 26.0 Å². The van der Waals surface area contributed by atoms with Crippen molar-refractivity contribution in [1.29, 1.82) is 0 Å². The standard InChI is InChI=1S/C67H46N4/c1-4-16-45(17-5-1)48-30-34-66-61(39-48)62-40-49(46-18-6-2-7-19-46)31-35-67(62)70(66)54-32-28-47(29-33-54)52-36-53(43-68-42-52)51-37-55(69-44-50-20-10-11-21-57(50)58-22-8-3-9-25-63(58)69)41-56(38-51)71-64-26-14-12-23-59(64)60-24-13-15-27-65(60)71/h1-24,26-43H,25,44H2. The Bertz CT molecular complexity index is 4000. The van der Waals surface area contributed by atoms with E-state index >= 15 is 0 Å². The minimum absolute atomic E-state index is 0.783. The van der Waals surface area contributed by atoms with Crippen molar-refractivity contribution < 1.29 is 0 Å². The molecule has 1 aliphatic carbocycles. The van der Waals surface area contributed by atoms with Gasteiger partial charge in [0.15, 0.2) is 0 Å². The lowest BCUT2D eigenvalue weighted by atomic mass is 9.91. The van der Waals surface area contributed by atoms with E-state index in [1.807, 2.05) is 12.4 Å². The molecule has 4 heterocycles. The molecule has 0 bridgehead atoms. The van der Waals surface area contributed by atoms with Gasteiger partial charge in [0.25, 0.3) is 0 Å². The van der Waals surface area contributed by atoms with Gasteiger partial charge in [-0.3, -0.25) is 4.98 Å². The molecule has 1 aliphatic heterocycles. The van der Waals surface area contributed by atoms with Crippen LogP contribution < -0.4 is 4.90 Å². The largest absolute Gasteiger partial charge is 0.340 e. The van der Waals surface area contributed by atoms with Crippen LogP contribution in [0.3, 0.4) is 0 Å². The summed E-state index contributed by atoms with van der Waals surface area (Å²) >= 11 is 0. The fraction of sp³-hybridized carbons (Fsp3) is 0.0299. The number of nitrogens with zero attached hydrogens (tertiary/aromatic N) is 4. The summed E-state index contributed by atoms with van der Waals surface area (Å²) in [5, 5.41) is 4.95. The van der Waals surface area contributed by atoms with Gasteiger partial charge in [-0.15, -0.1) is 0 Å². The predicted octanol–water partition coefficient (Wildman–Crippen LogP) is 17.2. The molecule has 2 aliphatic rings. The molecule has 0 radical (unpaired) electrons. The number of fused-ring (bicyclic) bond motifs is 8. The third-order valence-electron chi connectivity index (χ3n) is 14.7. The van der Waals surface area contributed by atoms with Crippen LogP contribution in [0, 0.1) is 0 Å². The van der Waals surface area contributed by atoms with Crippen LogP contribution in [0.5, 0.6) is 0 Å². The van der Waals surface area contributed by atoms with Gasteiger partial charge in [0, 0.05) is 86.4 Å². The molecular weight excluding hydrogens is 861 g/mol. The van der Waals surface area contributed by atoms with E-state index in [1.165, 1.54) is 88.3 Å². The summed E-state index contributed by atoms with van der Waals surface area (Å²) in [6, 6.07) is 80.0. The van der Waals surface area contributed by atoms with E-state index in [2.05, 4.69) is 257 Å². The van der Waals surface area contributed by atoms with Crippen LogP contribution in [0.4, 0.5) is 5.69 Å². The van der Waals surface area contributed by atoms with E-state index < -0.39 is 0 Å². The molecule has 0 saturated heterocycles. The van der Waals surface area contributed by atoms with Crippen molar-refractivity contribution in [1.82, 2.24) is 14.1 Å². The Kier molecular flexibility index (Phi) is 9.63. The van der Waals surface area contributed by atoms with Gasteiger partial charge >= 0.3 is 0 Å². The molecule has 9 aromatic carbocycles. The first kappa shape index (κ1) is 40.8. The molecule has 0 unspecified atom stereocenters. The van der Waals surface area contributed by atoms with Crippen LogP contribution in [0.1, 0.15) is 17.5 Å². The van der Waals surface area contributed by atoms with Crippen molar-refractivity contribution >= 4 is 54.9 Å². The highest BCUT2D eigenvalue weighted by Gasteiger charge is 2.26. The number of para-hydroxylation sites is 2. The summed E-state index contributed by atoms with van der Waals surface area (Å²) in [6.45, 7) is 0.783. The van der Waals surface area contributed by atoms with Gasteiger partial charge in [-0.1, -0.05) is 170 Å². The molecule has 3 aromatic heterocycles. The van der Waals surface area contributed by atoms with Crippen molar-refractivity contribution in [2.24, 2.45) is 0 Å². The summed E-state index contributed by atoms with van der Waals surface area (Å²) < 4.78 is 4.85. The number of rotatable bonds is 7. The molecule has 4 nitrogen and oxygen atoms in total. The minimum Gasteiger partial charge on any atom is -0.340 e. The van der Waals surface area contributed by atoms with E-state index in [0.717, 1.165) is 52.3 Å². The zero-order chi connectivity index (χ0) is 46.8. The number of pyridine rings is 1. The van der Waals surface area contributed by atoms with Crippen LogP contribution in [-0.4, -0.2) is 14.1 Å². The maximum Gasteiger partial charge on any atom is 0.0541 e. The van der Waals surface area contributed by atoms with Crippen molar-refractivity contribution in [3.63, 3.8) is 0 Å². The Hall–Kier alpha value is -9.25. The second-order valence-corrected chi connectivity index (χ2v) is 18.7. The summed E-state index contributed by atoms with van der Waals surface area (Å²) in [4.78, 5) is 7.48. The van der Waals surface area contributed by atoms with Crippen LogP contribution in [0.25, 0.3) is 105 Å². The van der Waals surface area contributed by atoms with Gasteiger partial charge in [-0.2, -0.15) is 0 Å². The lowest BCUT2D eigenvalue weighted by molar-refractivity contribution is 0.869. The molecule has 4 heteroatoms. The van der Waals surface area contributed by atoms with Crippen LogP contribution in [0.15, 0.2) is 261 Å². The molecule has 14 rings (SSSR count). The molecule has 0 fully saturated rings. The van der Waals surface area contributed by atoms with Gasteiger partial charge in [0.05, 0.1) is 22.1 Å². The minimum atomic E-state index is 0.783. The zero-order valence-electron chi connectivity index (χ0n) is 39.0. The molecule has 0 amide bonds. The SMILES string of the molecule is C1=CCC2=C(C=C1)c1ccccc1CN2c1cc(-c2cncc(-c3ccc(-n4c5ccc(-c6ccccc6)cc5c5cc(-c6ccccc6)ccc54)cc3)c2)cc(-n2c3ccccc3c3ccccc32)c1. The van der Waals surface area contributed by atoms with Crippen molar-refractivity contribution in [2.45, 2.75) is 13.0 Å². The molecule has 0 N–H and O–H groups in total. The van der Waals surface area contributed by atoms with Gasteiger partial charge in [0.2, 0.25) is 0 Å². The third kappa shape index (κ3) is 6.95. The predicted molar refractivity (Wildman–Crippen MR) is 297 cm³/mol. The third-order valence-corrected chi connectivity index (χ3v) is 14.7. The highest BCUT2D eigenvalue weighted by Crippen LogP contribution is 2.43. The van der Waals surface area contributed by atoms with E-state index in [0.29, 0.717) is 0 Å². The average Bonchev–Trinajstić information content (AvgIpc) is 3.83. The summed E-state index contributed by atoms with van der Waals surface area (Å²) in [7, 11) is 0. The Morgan fingerprint density at radius 2 is 0.887 bits per heavy atom. The molecule has 0 spiro atoms. The van der Waals surface area contributed by atoms with Crippen molar-refractivity contribution in [3.8, 4) is 55.9 Å². The number of benzene rings is 9. The smallest absolute Gasteiger partial charge is 0.0541 e. The first-order valence-electron chi connectivity index (χ1n) is 24.5. The Morgan fingerprint density at radius 1 is 0.352 bits per heavy atom. The van der Waals surface area contributed by atoms with Gasteiger partial charge in [-0.05, 0) is 117 Å². The maximum atomic E-state index is 4.95. The van der Waals surface area contributed by atoms with Crippen LogP contribution in [-0.2, 0) is 6.54 Å². The lowest BCUT2D eigenvalue weighted by Crippen LogP contribution is -2.27. The van der Waals surface area contributed by atoms with Crippen molar-refractivity contribution in [3.05, 3.63) is 272 Å². The highest BCUT2D eigenvalue weighted by molar-refractivity contribution is 6.12. The monoisotopic (exact) mass is 906 g/mol. The van der Waals surface area contributed by atoms with Crippen LogP contribution in [0.2, 0.25) is 0 Å². The van der Waals surface area contributed by atoms with E-state index in [4.69, 9.17) is 4.98 Å². The number of hydrogen-bond acceptors (Lipinski definition) is 2. The van der Waals surface area contributed by atoms with Gasteiger partial charge < -0.3 is 14.0 Å². The fourth-order valence-corrected chi connectivity index (χ4v) is 11.3. The zero-order valence-corrected chi connectivity index (χ0v) is 39.0. The first-order valence-corrected chi connectivity index (χ1v) is 24.5. The second-order valence-electron chi connectivity index (χ2n) is 18.7. The molecular formula is C67H46N4. The molecule has 0 saturated carbocycles. The van der Waals surface area contributed by atoms with Gasteiger partial charge in [-0.25, -0.2) is 0 Å². The summed E-state index contributed by atoms with van der Waals surface area (Å²) in [6.07, 6.45) is 13.8. The highest BCUT2D eigenvalue weighted by atomic mass is 15.2. The van der Waals surface area contributed by atoms with E-state index in [1.54, 1.807) is 0 Å². The van der Waals surface area contributed by atoms with Crippen LogP contribution >= 0.6 is 0 Å². The fourth-order valence-electron chi connectivity index (χ4n) is 11.3. The average molecular weight is 907 g/mol. The summed E-state index contributed by atoms with van der Waals surface area (Å²) in [5.74, 6) is 0. The molecule has 12 aromatic rings. The van der Waals surface area contributed by atoms with E-state index in [-0.39, 0.29) is 0 Å². The van der Waals surface area contributed by atoms with E-state index in [9.17, 15) is 0 Å². The maximum absolute atomic E-state index is 4.95. The second kappa shape index (κ2) is 16.8. The number of hydrogen-bond donors (Lipinski definition) is 0. The molecule has 0 atom stereocenters. The number of allylic oxidation sites excluding steroid dienone is 5. The lowest BCUT2D eigenvalue weighted by Gasteiger charge is -2.35. The normalized spacial score (nSPS) is 13.3. The summed E-state index contributed by atoms with van der Waals surface area (Å²) in [5.41, 5.74) is 22.5. The molecule has 71 heavy (non-hydrogen) atoms. The molecule has 334 valence electrons.